The van der Waals surface area contributed by atoms with Gasteiger partial charge in [0.15, 0.2) is 16.8 Å². The molecule has 1 aliphatic rings. The minimum Gasteiger partial charge on any atom is -0.497 e. The number of ether oxygens (including phenoxy) is 2. The van der Waals surface area contributed by atoms with E-state index in [1.165, 1.54) is 11.8 Å². The number of carbonyl (C=O) groups excluding carboxylic acids is 1. The fourth-order valence-electron chi connectivity index (χ4n) is 3.55. The van der Waals surface area contributed by atoms with E-state index in [2.05, 4.69) is 14.8 Å². The van der Waals surface area contributed by atoms with Gasteiger partial charge in [0, 0.05) is 22.8 Å². The quantitative estimate of drug-likeness (QED) is 0.344. The van der Waals surface area contributed by atoms with E-state index in [0.29, 0.717) is 22.3 Å². The van der Waals surface area contributed by atoms with Gasteiger partial charge in [0.2, 0.25) is 0 Å². The first-order valence-corrected chi connectivity index (χ1v) is 11.5. The standard InChI is InChI=1S/C23H24ClN3O3S/c1-15(21(28)16-5-9-18(24)10-6-16)31-23-26-25-22(17-7-11-19(29-2)12-8-17)27(23)14-20-4-3-13-30-20/h5-12,15,20H,3-4,13-14H2,1-2H3. The van der Waals surface area contributed by atoms with E-state index in [1.807, 2.05) is 31.2 Å². The molecule has 0 N–H and O–H groups in total. The van der Waals surface area contributed by atoms with Crippen molar-refractivity contribution in [3.05, 3.63) is 59.1 Å². The van der Waals surface area contributed by atoms with Crippen molar-refractivity contribution >= 4 is 29.1 Å². The normalized spacial score (nSPS) is 16.9. The second-order valence-corrected chi connectivity index (χ2v) is 9.16. The fraction of sp³-hybridized carbons (Fsp3) is 0.348. The number of halogens is 1. The summed E-state index contributed by atoms with van der Waals surface area (Å²) in [6.45, 7) is 3.32. The topological polar surface area (TPSA) is 66.2 Å². The highest BCUT2D eigenvalue weighted by molar-refractivity contribution is 8.00. The number of carbonyl (C=O) groups is 1. The number of hydrogen-bond acceptors (Lipinski definition) is 6. The number of rotatable bonds is 8. The molecule has 6 nitrogen and oxygen atoms in total. The Morgan fingerprint density at radius 3 is 2.61 bits per heavy atom. The number of benzene rings is 2. The Hall–Kier alpha value is -2.35. The van der Waals surface area contributed by atoms with E-state index in [1.54, 1.807) is 31.4 Å². The van der Waals surface area contributed by atoms with Gasteiger partial charge in [-0.15, -0.1) is 10.2 Å². The van der Waals surface area contributed by atoms with E-state index in [0.717, 1.165) is 36.6 Å². The molecular formula is C23H24ClN3O3S. The van der Waals surface area contributed by atoms with Crippen molar-refractivity contribution in [1.82, 2.24) is 14.8 Å². The van der Waals surface area contributed by atoms with Gasteiger partial charge in [0.05, 0.1) is 25.0 Å². The zero-order valence-corrected chi connectivity index (χ0v) is 19.0. The zero-order chi connectivity index (χ0) is 21.8. The summed E-state index contributed by atoms with van der Waals surface area (Å²) in [5.41, 5.74) is 1.57. The maximum Gasteiger partial charge on any atom is 0.192 e. The van der Waals surface area contributed by atoms with E-state index in [9.17, 15) is 4.79 Å². The maximum absolute atomic E-state index is 12.9. The molecule has 0 spiro atoms. The molecule has 2 heterocycles. The van der Waals surface area contributed by atoms with Crippen LogP contribution in [0.25, 0.3) is 11.4 Å². The predicted octanol–water partition coefficient (Wildman–Crippen LogP) is 5.15. The van der Waals surface area contributed by atoms with E-state index in [4.69, 9.17) is 21.1 Å². The van der Waals surface area contributed by atoms with Crippen molar-refractivity contribution in [2.24, 2.45) is 0 Å². The lowest BCUT2D eigenvalue weighted by Crippen LogP contribution is -2.19. The van der Waals surface area contributed by atoms with Crippen molar-refractivity contribution in [3.63, 3.8) is 0 Å². The Bertz CT molecular complexity index is 1030. The maximum atomic E-state index is 12.9. The number of thioether (sulfide) groups is 1. The summed E-state index contributed by atoms with van der Waals surface area (Å²) in [7, 11) is 1.64. The second kappa shape index (κ2) is 9.85. The van der Waals surface area contributed by atoms with Gasteiger partial charge in [-0.25, -0.2) is 0 Å². The molecule has 0 saturated carbocycles. The van der Waals surface area contributed by atoms with Crippen LogP contribution in [0.15, 0.2) is 53.7 Å². The SMILES string of the molecule is COc1ccc(-c2nnc(SC(C)C(=O)c3ccc(Cl)cc3)n2CC2CCCO2)cc1. The van der Waals surface area contributed by atoms with Crippen molar-refractivity contribution < 1.29 is 14.3 Å². The molecule has 31 heavy (non-hydrogen) atoms. The summed E-state index contributed by atoms with van der Waals surface area (Å²) in [4.78, 5) is 12.9. The van der Waals surface area contributed by atoms with E-state index >= 15 is 0 Å². The third-order valence-corrected chi connectivity index (χ3v) is 6.59. The van der Waals surface area contributed by atoms with Crippen LogP contribution in [-0.4, -0.2) is 45.6 Å². The molecule has 162 valence electrons. The molecule has 8 heteroatoms. The van der Waals surface area contributed by atoms with Gasteiger partial charge in [0.1, 0.15) is 5.75 Å². The molecule has 2 unspecified atom stereocenters. The molecule has 2 atom stereocenters. The molecule has 0 amide bonds. The molecule has 2 aromatic carbocycles. The van der Waals surface area contributed by atoms with Gasteiger partial charge >= 0.3 is 0 Å². The molecule has 0 bridgehead atoms. The number of ketones is 1. The van der Waals surface area contributed by atoms with E-state index < -0.39 is 0 Å². The van der Waals surface area contributed by atoms with Crippen molar-refractivity contribution in [2.75, 3.05) is 13.7 Å². The third-order valence-electron chi connectivity index (χ3n) is 5.26. The first kappa shape index (κ1) is 21.9. The summed E-state index contributed by atoms with van der Waals surface area (Å²) in [6.07, 6.45) is 2.18. The summed E-state index contributed by atoms with van der Waals surface area (Å²) >= 11 is 7.36. The Morgan fingerprint density at radius 1 is 1.23 bits per heavy atom. The van der Waals surface area contributed by atoms with Crippen LogP contribution in [0.5, 0.6) is 5.75 Å². The van der Waals surface area contributed by atoms with Gasteiger partial charge in [-0.1, -0.05) is 23.4 Å². The van der Waals surface area contributed by atoms with Crippen LogP contribution in [0.4, 0.5) is 0 Å². The van der Waals surface area contributed by atoms with Crippen molar-refractivity contribution in [3.8, 4) is 17.1 Å². The average molecular weight is 458 g/mol. The lowest BCUT2D eigenvalue weighted by molar-refractivity contribution is 0.0953. The molecule has 3 aromatic rings. The van der Waals surface area contributed by atoms with Gasteiger partial charge < -0.3 is 9.47 Å². The van der Waals surface area contributed by atoms with Gasteiger partial charge in [-0.3, -0.25) is 9.36 Å². The Labute approximate surface area is 190 Å². The van der Waals surface area contributed by atoms with Crippen molar-refractivity contribution in [2.45, 2.75) is 42.8 Å². The first-order valence-electron chi connectivity index (χ1n) is 10.2. The largest absolute Gasteiger partial charge is 0.497 e. The highest BCUT2D eigenvalue weighted by Crippen LogP contribution is 2.30. The summed E-state index contributed by atoms with van der Waals surface area (Å²) in [6, 6.07) is 14.7. The van der Waals surface area contributed by atoms with Crippen LogP contribution in [0.1, 0.15) is 30.1 Å². The summed E-state index contributed by atoms with van der Waals surface area (Å²) in [5, 5.41) is 9.86. The fourth-order valence-corrected chi connectivity index (χ4v) is 4.61. The highest BCUT2D eigenvalue weighted by atomic mass is 35.5. The smallest absolute Gasteiger partial charge is 0.192 e. The monoisotopic (exact) mass is 457 g/mol. The van der Waals surface area contributed by atoms with Crippen LogP contribution in [0.3, 0.4) is 0 Å². The number of methoxy groups -OCH3 is 1. The number of nitrogens with zero attached hydrogens (tertiary/aromatic N) is 3. The minimum absolute atomic E-state index is 0.0272. The lowest BCUT2D eigenvalue weighted by atomic mass is 10.1. The average Bonchev–Trinajstić information content (AvgIpc) is 3.45. The zero-order valence-electron chi connectivity index (χ0n) is 17.5. The number of hydrogen-bond donors (Lipinski definition) is 0. The Morgan fingerprint density at radius 2 is 1.97 bits per heavy atom. The lowest BCUT2D eigenvalue weighted by Gasteiger charge is -2.16. The van der Waals surface area contributed by atoms with Crippen LogP contribution in [0, 0.1) is 0 Å². The third kappa shape index (κ3) is 5.11. The first-order chi connectivity index (χ1) is 15.0. The molecule has 1 aromatic heterocycles. The van der Waals surface area contributed by atoms with Crippen LogP contribution in [-0.2, 0) is 11.3 Å². The summed E-state index contributed by atoms with van der Waals surface area (Å²) in [5.74, 6) is 1.57. The number of Topliss-reactive ketones (excluding diaryl/α,β-unsaturated/α-hetero) is 1. The number of aromatic nitrogens is 3. The van der Waals surface area contributed by atoms with Gasteiger partial charge in [-0.2, -0.15) is 0 Å². The predicted molar refractivity (Wildman–Crippen MR) is 122 cm³/mol. The minimum atomic E-state index is -0.322. The molecular weight excluding hydrogens is 434 g/mol. The summed E-state index contributed by atoms with van der Waals surface area (Å²) < 4.78 is 13.2. The van der Waals surface area contributed by atoms with Crippen molar-refractivity contribution in [1.29, 1.82) is 0 Å². The molecule has 1 fully saturated rings. The van der Waals surface area contributed by atoms with Crippen LogP contribution in [0.2, 0.25) is 5.02 Å². The van der Waals surface area contributed by atoms with Gasteiger partial charge in [0.25, 0.3) is 0 Å². The van der Waals surface area contributed by atoms with E-state index in [-0.39, 0.29) is 17.1 Å². The van der Waals surface area contributed by atoms with Crippen LogP contribution >= 0.6 is 23.4 Å². The van der Waals surface area contributed by atoms with Gasteiger partial charge in [-0.05, 0) is 68.3 Å². The van der Waals surface area contributed by atoms with Crippen LogP contribution < -0.4 is 4.74 Å². The second-order valence-electron chi connectivity index (χ2n) is 7.41. The molecule has 1 saturated heterocycles. The molecule has 0 radical (unpaired) electrons. The molecule has 1 aliphatic heterocycles. The molecule has 4 rings (SSSR count). The highest BCUT2D eigenvalue weighted by Gasteiger charge is 2.25. The Kier molecular flexibility index (Phi) is 6.95. The Balaban J connectivity index is 1.60. The molecule has 0 aliphatic carbocycles.